The van der Waals surface area contributed by atoms with Gasteiger partial charge < -0.3 is 18.2 Å². The van der Waals surface area contributed by atoms with E-state index in [4.69, 9.17) is 8.83 Å². The lowest BCUT2D eigenvalue weighted by atomic mass is 9.44. The van der Waals surface area contributed by atoms with Gasteiger partial charge in [-0.25, -0.2) is 0 Å². The quantitative estimate of drug-likeness (QED) is 0.156. The van der Waals surface area contributed by atoms with Crippen molar-refractivity contribution in [3.63, 3.8) is 0 Å². The number of aromatic nitrogens is 1. The third-order valence-corrected chi connectivity index (χ3v) is 14.3. The van der Waals surface area contributed by atoms with E-state index < -0.39 is 0 Å². The molecule has 14 rings (SSSR count). The van der Waals surface area contributed by atoms with Crippen molar-refractivity contribution in [3.05, 3.63) is 151 Å². The number of benzene rings is 8. The number of nitrogens with zero attached hydrogens (tertiary/aromatic N) is 2. The highest BCUT2D eigenvalue weighted by Gasteiger charge is 2.45. The summed E-state index contributed by atoms with van der Waals surface area (Å²) in [4.78, 5) is 2.63. The van der Waals surface area contributed by atoms with Gasteiger partial charge in [-0.2, -0.15) is 0 Å². The first kappa shape index (κ1) is 31.3. The summed E-state index contributed by atoms with van der Waals surface area (Å²) in [5.41, 5.74) is 16.1. The van der Waals surface area contributed by atoms with Gasteiger partial charge in [-0.3, -0.25) is 0 Å². The van der Waals surface area contributed by atoms with Crippen LogP contribution in [0.5, 0.6) is 0 Å². The van der Waals surface area contributed by atoms with E-state index in [2.05, 4.69) is 176 Å². The second kappa shape index (κ2) is 10.6. The van der Waals surface area contributed by atoms with Crippen molar-refractivity contribution >= 4 is 126 Å². The van der Waals surface area contributed by atoms with Gasteiger partial charge >= 0.3 is 6.85 Å². The highest BCUT2D eigenvalue weighted by molar-refractivity contribution is 7.26. The average Bonchev–Trinajstić information content (AvgIpc) is 4.00. The van der Waals surface area contributed by atoms with Gasteiger partial charge in [0.2, 0.25) is 0 Å². The van der Waals surface area contributed by atoms with Crippen LogP contribution in [0.2, 0.25) is 0 Å². The Labute approximate surface area is 337 Å². The summed E-state index contributed by atoms with van der Waals surface area (Å²) in [7, 11) is 0. The van der Waals surface area contributed by atoms with Crippen LogP contribution in [0.3, 0.4) is 0 Å². The Balaban J connectivity index is 1.19. The van der Waals surface area contributed by atoms with Crippen LogP contribution in [0.25, 0.3) is 103 Å². The van der Waals surface area contributed by atoms with Crippen LogP contribution in [0.15, 0.2) is 154 Å². The standard InChI is InChI=1S/C52H33BN2O2S/c1-52(2,3)28-16-18-29(19-17-28)55-40-25-36-30-10-4-7-13-42(30)57-45(36)26-35(40)32-20-21-34-48-39(22-23-44-49(48)33-12-5-8-14-43(33)56-44)54-41-27-47-37(31-11-6-9-15-46(31)58-47)24-38(41)53(55)50(32)51(34)54/h4-27H,1-3H3. The van der Waals surface area contributed by atoms with Crippen LogP contribution < -0.4 is 15.7 Å². The van der Waals surface area contributed by atoms with Crippen molar-refractivity contribution in [1.82, 2.24) is 4.57 Å². The molecule has 12 aromatic rings. The number of hydrogen-bond acceptors (Lipinski definition) is 4. The van der Waals surface area contributed by atoms with Crippen molar-refractivity contribution < 1.29 is 8.83 Å². The van der Waals surface area contributed by atoms with Crippen LogP contribution in [-0.2, 0) is 5.41 Å². The Morgan fingerprint density at radius 1 is 0.517 bits per heavy atom. The summed E-state index contributed by atoms with van der Waals surface area (Å²) in [5, 5.41) is 9.69. The predicted octanol–water partition coefficient (Wildman–Crippen LogP) is 13.5. The maximum atomic E-state index is 6.61. The van der Waals surface area contributed by atoms with E-state index in [9.17, 15) is 0 Å². The zero-order valence-electron chi connectivity index (χ0n) is 32.1. The number of thiophene rings is 1. The maximum absolute atomic E-state index is 6.61. The molecule has 0 fully saturated rings. The number of fused-ring (bicyclic) bond motifs is 18. The average molecular weight is 761 g/mol. The van der Waals surface area contributed by atoms with Gasteiger partial charge in [0.1, 0.15) is 22.3 Å². The highest BCUT2D eigenvalue weighted by atomic mass is 32.1. The molecule has 6 heteroatoms. The fourth-order valence-corrected chi connectivity index (χ4v) is 11.7. The molecule has 4 aromatic heterocycles. The van der Waals surface area contributed by atoms with E-state index >= 15 is 0 Å². The molecular formula is C52H33BN2O2S. The molecule has 2 aliphatic rings. The molecule has 0 bridgehead atoms. The van der Waals surface area contributed by atoms with Crippen LogP contribution in [0.4, 0.5) is 11.4 Å². The summed E-state index contributed by atoms with van der Waals surface area (Å²) < 4.78 is 18.3. The predicted molar refractivity (Wildman–Crippen MR) is 246 cm³/mol. The molecule has 0 aliphatic carbocycles. The lowest BCUT2D eigenvalue weighted by molar-refractivity contribution is 0.590. The first-order valence-electron chi connectivity index (χ1n) is 20.1. The van der Waals surface area contributed by atoms with Crippen molar-refractivity contribution in [1.29, 1.82) is 0 Å². The van der Waals surface area contributed by atoms with E-state index in [0.717, 1.165) is 38.5 Å². The molecule has 0 unspecified atom stereocenters. The minimum Gasteiger partial charge on any atom is -0.456 e. The molecule has 0 atom stereocenters. The lowest BCUT2D eigenvalue weighted by Gasteiger charge is -2.42. The molecule has 0 radical (unpaired) electrons. The summed E-state index contributed by atoms with van der Waals surface area (Å²) in [6.07, 6.45) is 0. The number of anilines is 2. The van der Waals surface area contributed by atoms with E-state index in [1.165, 1.54) is 92.0 Å². The second-order valence-corrected chi connectivity index (χ2v) is 18.3. The third kappa shape index (κ3) is 3.86. The molecule has 4 nitrogen and oxygen atoms in total. The van der Waals surface area contributed by atoms with Crippen molar-refractivity contribution in [3.8, 4) is 16.8 Å². The van der Waals surface area contributed by atoms with Gasteiger partial charge in [-0.1, -0.05) is 106 Å². The lowest BCUT2D eigenvalue weighted by Crippen LogP contribution is -2.60. The normalized spacial score (nSPS) is 13.7. The third-order valence-electron chi connectivity index (χ3n) is 13.1. The monoisotopic (exact) mass is 760 g/mol. The Kier molecular flexibility index (Phi) is 5.73. The largest absolute Gasteiger partial charge is 0.456 e. The Morgan fingerprint density at radius 3 is 2.09 bits per heavy atom. The Hall–Kier alpha value is -6.76. The van der Waals surface area contributed by atoms with Crippen LogP contribution in [0.1, 0.15) is 26.3 Å². The van der Waals surface area contributed by atoms with Gasteiger partial charge in [0.05, 0.1) is 11.0 Å². The van der Waals surface area contributed by atoms with Crippen molar-refractivity contribution in [2.45, 2.75) is 26.2 Å². The molecule has 58 heavy (non-hydrogen) atoms. The Morgan fingerprint density at radius 2 is 1.26 bits per heavy atom. The fourth-order valence-electron chi connectivity index (χ4n) is 10.5. The van der Waals surface area contributed by atoms with Crippen molar-refractivity contribution in [2.24, 2.45) is 0 Å². The van der Waals surface area contributed by atoms with E-state index in [-0.39, 0.29) is 12.3 Å². The zero-order valence-corrected chi connectivity index (χ0v) is 32.9. The van der Waals surface area contributed by atoms with E-state index in [1.54, 1.807) is 0 Å². The SMILES string of the molecule is CC(C)(C)c1ccc(N2B3c4cc5c(cc4-n4c6ccc7oc8ccccc8c7c6c6ccc(c3c64)-c3cc4oc6ccccc6c4cc32)sc2ccccc25)cc1. The van der Waals surface area contributed by atoms with Crippen LogP contribution >= 0.6 is 11.3 Å². The minimum atomic E-state index is -0.103. The summed E-state index contributed by atoms with van der Waals surface area (Å²) in [5.74, 6) is 0. The summed E-state index contributed by atoms with van der Waals surface area (Å²) in [6, 6.07) is 54.0. The molecule has 8 aromatic carbocycles. The molecule has 0 spiro atoms. The number of para-hydroxylation sites is 2. The molecule has 2 aliphatic heterocycles. The molecule has 0 amide bonds. The van der Waals surface area contributed by atoms with Gasteiger partial charge in [0, 0.05) is 75.1 Å². The van der Waals surface area contributed by atoms with E-state index in [0.29, 0.717) is 0 Å². The highest BCUT2D eigenvalue weighted by Crippen LogP contribution is 2.50. The minimum absolute atomic E-state index is 0.0333. The number of hydrogen-bond donors (Lipinski definition) is 0. The molecule has 6 heterocycles. The number of rotatable bonds is 1. The fraction of sp³-hybridized carbons (Fsp3) is 0.0769. The first-order valence-corrected chi connectivity index (χ1v) is 20.9. The van der Waals surface area contributed by atoms with Crippen molar-refractivity contribution in [2.75, 3.05) is 4.81 Å². The topological polar surface area (TPSA) is 34.5 Å². The van der Waals surface area contributed by atoms with Crippen LogP contribution in [-0.4, -0.2) is 11.4 Å². The van der Waals surface area contributed by atoms with E-state index in [1.807, 2.05) is 11.3 Å². The van der Waals surface area contributed by atoms with Gasteiger partial charge in [0.15, 0.2) is 0 Å². The van der Waals surface area contributed by atoms with Gasteiger partial charge in [-0.15, -0.1) is 11.3 Å². The van der Waals surface area contributed by atoms with Gasteiger partial charge in [0.25, 0.3) is 0 Å². The zero-order chi connectivity index (χ0) is 38.2. The Bertz CT molecular complexity index is 3800. The molecule has 0 N–H and O–H groups in total. The van der Waals surface area contributed by atoms with Crippen LogP contribution in [0, 0.1) is 0 Å². The van der Waals surface area contributed by atoms with Gasteiger partial charge in [-0.05, 0) is 88.1 Å². The first-order chi connectivity index (χ1) is 28.4. The number of furan rings is 2. The molecule has 0 saturated heterocycles. The summed E-state index contributed by atoms with van der Waals surface area (Å²) >= 11 is 1.89. The molecule has 272 valence electrons. The maximum Gasteiger partial charge on any atom is 0.333 e. The molecule has 0 saturated carbocycles. The molecular weight excluding hydrogens is 727 g/mol. The smallest absolute Gasteiger partial charge is 0.333 e. The summed E-state index contributed by atoms with van der Waals surface area (Å²) in [6.45, 7) is 6.77. The second-order valence-electron chi connectivity index (χ2n) is 17.2.